The van der Waals surface area contributed by atoms with Gasteiger partial charge in [-0.25, -0.2) is 4.98 Å². The van der Waals surface area contributed by atoms with Crippen molar-refractivity contribution < 1.29 is 61.2 Å². The van der Waals surface area contributed by atoms with Crippen LogP contribution in [0.5, 0.6) is 5.88 Å². The summed E-state index contributed by atoms with van der Waals surface area (Å²) in [6.07, 6.45) is -1.95. The van der Waals surface area contributed by atoms with E-state index in [4.69, 9.17) is 30.5 Å². The molecule has 1 unspecified atom stereocenters. The van der Waals surface area contributed by atoms with Crippen molar-refractivity contribution in [2.24, 2.45) is 0 Å². The molecule has 1 atom stereocenters. The fraction of sp³-hybridized carbons (Fsp3) is 0.353. The first-order chi connectivity index (χ1) is 35.2. The van der Waals surface area contributed by atoms with E-state index in [0.717, 1.165) is 41.0 Å². The van der Waals surface area contributed by atoms with E-state index in [1.165, 1.54) is 22.9 Å². The maximum atomic E-state index is 13.4. The van der Waals surface area contributed by atoms with Crippen molar-refractivity contribution >= 4 is 57.9 Å². The first-order valence-corrected chi connectivity index (χ1v) is 24.0. The lowest BCUT2D eigenvalue weighted by atomic mass is 9.99. The summed E-state index contributed by atoms with van der Waals surface area (Å²) in [6.45, 7) is 2.79. The topological polar surface area (TPSA) is 228 Å². The van der Waals surface area contributed by atoms with Crippen molar-refractivity contribution in [2.75, 3.05) is 71.3 Å². The third-order valence-corrected chi connectivity index (χ3v) is 12.3. The molecule has 8 rings (SSSR count). The maximum absolute atomic E-state index is 13.4. The quantitative estimate of drug-likeness (QED) is 0.0318. The van der Waals surface area contributed by atoms with Gasteiger partial charge in [-0.15, -0.1) is 0 Å². The first kappa shape index (κ1) is 52.2. The van der Waals surface area contributed by atoms with Gasteiger partial charge in [0.15, 0.2) is 0 Å². The zero-order valence-corrected chi connectivity index (χ0v) is 40.2. The summed E-state index contributed by atoms with van der Waals surface area (Å²) in [4.78, 5) is 71.0. The lowest BCUT2D eigenvalue weighted by molar-refractivity contribution is -0.138. The zero-order chi connectivity index (χ0) is 51.5. The van der Waals surface area contributed by atoms with Crippen LogP contribution in [-0.4, -0.2) is 131 Å². The number of nitrogens with zero attached hydrogens (tertiary/aromatic N) is 4. The molecule has 1 fully saturated rings. The van der Waals surface area contributed by atoms with Gasteiger partial charge in [-0.1, -0.05) is 54.1 Å². The summed E-state index contributed by atoms with van der Waals surface area (Å²) in [5.74, 6) is -2.66. The molecule has 0 aliphatic carbocycles. The van der Waals surface area contributed by atoms with Gasteiger partial charge in [0.2, 0.25) is 29.5 Å². The number of aromatic nitrogens is 4. The number of aromatic hydroxyl groups is 1. The predicted octanol–water partition coefficient (Wildman–Crippen LogP) is 6.21. The van der Waals surface area contributed by atoms with Gasteiger partial charge < -0.3 is 39.7 Å². The summed E-state index contributed by atoms with van der Waals surface area (Å²) >= 11 is 6.14. The Kier molecular flexibility index (Phi) is 17.2. The number of H-pyrrole nitrogens is 1. The minimum absolute atomic E-state index is 0.0249. The van der Waals surface area contributed by atoms with Crippen LogP contribution in [0.4, 0.5) is 18.9 Å². The van der Waals surface area contributed by atoms with Gasteiger partial charge in [-0.2, -0.15) is 23.0 Å². The van der Waals surface area contributed by atoms with Crippen molar-refractivity contribution in [3.63, 3.8) is 0 Å². The second-order valence-electron chi connectivity index (χ2n) is 17.1. The lowest BCUT2D eigenvalue weighted by Gasteiger charge is -2.27. The van der Waals surface area contributed by atoms with E-state index >= 15 is 0 Å². The van der Waals surface area contributed by atoms with E-state index in [0.29, 0.717) is 84.4 Å². The van der Waals surface area contributed by atoms with Gasteiger partial charge in [0, 0.05) is 48.0 Å². The predicted molar refractivity (Wildman–Crippen MR) is 260 cm³/mol. The number of ether oxygens (including phenoxy) is 4. The Morgan fingerprint density at radius 2 is 1.49 bits per heavy atom. The summed E-state index contributed by atoms with van der Waals surface area (Å²) in [5, 5.41) is 24.5. The normalized spacial score (nSPS) is 14.8. The molecule has 2 aromatic heterocycles. The van der Waals surface area contributed by atoms with Crippen molar-refractivity contribution in [1.82, 2.24) is 35.3 Å². The smallest absolute Gasteiger partial charge is 0.416 e. The number of piperidine rings is 1. The fourth-order valence-corrected chi connectivity index (χ4v) is 8.56. The molecule has 2 aliphatic rings. The standard InChI is InChI=1S/C51H52ClF3N8O10/c52-35-15-17-38-40(29-35)59-50(58-38)63-48(68)37(45(61-63)33-11-13-34(14-12-33)51(53,54)55)16-10-32-8-6-31(7-9-32)3-2-22-70-23-24-71-25-26-72-27-28-73-30-43(65)57-21-20-56-39-5-1-4-36-44(39)49(69)62(47(36)67)41-18-19-42(64)60-46(41)66/h1,4-9,11-15,17,29,41,56,68H,2-3,10,16,18-28,30H2,(H,57,65)(H,58,59)(H,60,64,66). The number of nitrogens with one attached hydrogen (secondary N) is 4. The molecule has 6 aromatic rings. The Balaban J connectivity index is 0.662. The summed E-state index contributed by atoms with van der Waals surface area (Å²) in [5.41, 5.74) is 4.47. The van der Waals surface area contributed by atoms with Gasteiger partial charge in [0.25, 0.3) is 11.8 Å². The summed E-state index contributed by atoms with van der Waals surface area (Å²) in [7, 11) is 0. The molecule has 22 heteroatoms. The van der Waals surface area contributed by atoms with Crippen LogP contribution in [0.15, 0.2) is 84.9 Å². The zero-order valence-electron chi connectivity index (χ0n) is 39.4. The number of alkyl halides is 3. The second-order valence-corrected chi connectivity index (χ2v) is 17.6. The van der Waals surface area contributed by atoms with Crippen molar-refractivity contribution in [1.29, 1.82) is 0 Å². The number of imide groups is 2. The van der Waals surface area contributed by atoms with E-state index in [9.17, 15) is 42.3 Å². The molecular weight excluding hydrogens is 977 g/mol. The number of benzene rings is 4. The summed E-state index contributed by atoms with van der Waals surface area (Å²) in [6, 6.07) is 21.6. The number of aryl methyl sites for hydroxylation is 2. The molecule has 384 valence electrons. The molecule has 0 radical (unpaired) electrons. The fourth-order valence-electron chi connectivity index (χ4n) is 8.39. The average Bonchev–Trinajstić information content (AvgIpc) is 4.02. The largest absolute Gasteiger partial charge is 0.493 e. The molecular formula is C51H52ClF3N8O10. The van der Waals surface area contributed by atoms with Crippen molar-refractivity contribution in [2.45, 2.75) is 50.7 Å². The van der Waals surface area contributed by atoms with Crippen LogP contribution < -0.4 is 16.0 Å². The molecule has 4 heterocycles. The highest BCUT2D eigenvalue weighted by Crippen LogP contribution is 2.36. The SMILES string of the molecule is O=C(COCCOCCOCCOCCCc1ccc(CCc2c(-c3ccc(C(F)(F)F)cc3)nn(-c3nc4cc(Cl)ccc4[nH]3)c2O)cc1)NCCNc1cccc2c1C(=O)N(C1CCC(=O)NC1=O)C2=O. The molecule has 2 aliphatic heterocycles. The van der Waals surface area contributed by atoms with Crippen LogP contribution in [0.1, 0.15) is 62.2 Å². The Bertz CT molecular complexity index is 2950. The third-order valence-electron chi connectivity index (χ3n) is 12.1. The van der Waals surface area contributed by atoms with Gasteiger partial charge in [0.1, 0.15) is 18.3 Å². The molecule has 18 nitrogen and oxygen atoms in total. The molecule has 1 saturated heterocycles. The highest BCUT2D eigenvalue weighted by atomic mass is 35.5. The van der Waals surface area contributed by atoms with E-state index in [-0.39, 0.29) is 74.6 Å². The molecule has 73 heavy (non-hydrogen) atoms. The molecule has 5 amide bonds. The number of fused-ring (bicyclic) bond motifs is 2. The number of carbonyl (C=O) groups excluding carboxylic acids is 5. The monoisotopic (exact) mass is 1030 g/mol. The second kappa shape index (κ2) is 24.0. The first-order valence-electron chi connectivity index (χ1n) is 23.6. The Hall–Kier alpha value is -7.17. The van der Waals surface area contributed by atoms with Gasteiger partial charge in [-0.3, -0.25) is 34.2 Å². The van der Waals surface area contributed by atoms with Gasteiger partial charge in [0.05, 0.1) is 67.4 Å². The van der Waals surface area contributed by atoms with Crippen LogP contribution in [0.3, 0.4) is 0 Å². The van der Waals surface area contributed by atoms with Crippen LogP contribution in [-0.2, 0) is 58.8 Å². The Labute approximate surface area is 421 Å². The number of imidazole rings is 1. The van der Waals surface area contributed by atoms with Crippen LogP contribution in [0, 0.1) is 0 Å². The highest BCUT2D eigenvalue weighted by Gasteiger charge is 2.45. The summed E-state index contributed by atoms with van der Waals surface area (Å²) < 4.78 is 63.5. The number of amides is 5. The number of hydrogen-bond acceptors (Lipinski definition) is 13. The third kappa shape index (κ3) is 13.1. The van der Waals surface area contributed by atoms with Crippen molar-refractivity contribution in [3.8, 4) is 23.1 Å². The number of halogens is 4. The maximum Gasteiger partial charge on any atom is 0.416 e. The van der Waals surface area contributed by atoms with Gasteiger partial charge in [-0.05, 0) is 85.7 Å². The Morgan fingerprint density at radius 3 is 2.19 bits per heavy atom. The van der Waals surface area contributed by atoms with E-state index in [1.54, 1.807) is 30.3 Å². The number of carbonyl (C=O) groups is 5. The van der Waals surface area contributed by atoms with E-state index in [2.05, 4.69) is 31.0 Å². The highest BCUT2D eigenvalue weighted by molar-refractivity contribution is 6.31. The van der Waals surface area contributed by atoms with E-state index in [1.807, 2.05) is 24.3 Å². The number of rotatable bonds is 25. The number of anilines is 1. The Morgan fingerprint density at radius 1 is 0.808 bits per heavy atom. The average molecular weight is 1030 g/mol. The molecule has 4 aromatic carbocycles. The molecule has 0 saturated carbocycles. The molecule has 0 spiro atoms. The minimum Gasteiger partial charge on any atom is -0.493 e. The number of aromatic amines is 1. The van der Waals surface area contributed by atoms with E-state index < -0.39 is 41.4 Å². The number of hydrogen-bond donors (Lipinski definition) is 5. The van der Waals surface area contributed by atoms with Crippen LogP contribution in [0.2, 0.25) is 5.02 Å². The minimum atomic E-state index is -4.50. The lowest BCUT2D eigenvalue weighted by Crippen LogP contribution is -2.54. The van der Waals surface area contributed by atoms with Crippen LogP contribution >= 0.6 is 11.6 Å². The molecule has 0 bridgehead atoms. The molecule has 5 N–H and O–H groups in total. The van der Waals surface area contributed by atoms with Crippen LogP contribution in [0.25, 0.3) is 28.2 Å². The van der Waals surface area contributed by atoms with Gasteiger partial charge >= 0.3 is 6.18 Å². The van der Waals surface area contributed by atoms with Crippen molar-refractivity contribution in [3.05, 3.63) is 123 Å².